The molecular weight excluding hydrogens is 442 g/mol. The Labute approximate surface area is 195 Å². The maximum atomic E-state index is 13.7. The molecule has 0 bridgehead atoms. The number of carbonyl (C=O) groups excluding carboxylic acids is 1. The fraction of sp³-hybridized carbons (Fsp3) is 0.208. The quantitative estimate of drug-likeness (QED) is 0.377. The topological polar surface area (TPSA) is 83.0 Å². The minimum atomic E-state index is -0.239. The second-order valence-electron chi connectivity index (χ2n) is 6.97. The van der Waals surface area contributed by atoms with Gasteiger partial charge in [0.25, 0.3) is 5.91 Å². The number of amides is 1. The second kappa shape index (κ2) is 9.74. The van der Waals surface area contributed by atoms with Gasteiger partial charge in [-0.05, 0) is 42.0 Å². The van der Waals surface area contributed by atoms with Gasteiger partial charge in [-0.1, -0.05) is 17.4 Å². The Hall–Kier alpha value is -3.85. The molecule has 2 heterocycles. The molecule has 8 nitrogen and oxygen atoms in total. The van der Waals surface area contributed by atoms with E-state index >= 15 is 0 Å². The van der Waals surface area contributed by atoms with Gasteiger partial charge in [0, 0.05) is 18.0 Å². The number of pyridine rings is 1. The number of thiazole rings is 1. The van der Waals surface area contributed by atoms with Gasteiger partial charge in [0.2, 0.25) is 0 Å². The molecule has 33 heavy (non-hydrogen) atoms. The van der Waals surface area contributed by atoms with Gasteiger partial charge in [0.05, 0.1) is 35.0 Å². The molecule has 9 heteroatoms. The van der Waals surface area contributed by atoms with Crippen LogP contribution in [-0.2, 0) is 6.54 Å². The molecule has 0 radical (unpaired) electrons. The predicted octanol–water partition coefficient (Wildman–Crippen LogP) is 4.57. The Morgan fingerprint density at radius 1 is 0.909 bits per heavy atom. The molecule has 0 saturated heterocycles. The lowest BCUT2D eigenvalue weighted by Crippen LogP contribution is -2.30. The summed E-state index contributed by atoms with van der Waals surface area (Å²) in [5.41, 5.74) is 1.94. The molecule has 0 spiro atoms. The number of carbonyl (C=O) groups is 1. The number of anilines is 1. The molecule has 170 valence electrons. The summed E-state index contributed by atoms with van der Waals surface area (Å²) in [5, 5.41) is 0.511. The van der Waals surface area contributed by atoms with Crippen LogP contribution in [0.25, 0.3) is 10.2 Å². The molecule has 2 aromatic carbocycles. The molecule has 2 aromatic heterocycles. The predicted molar refractivity (Wildman–Crippen MR) is 127 cm³/mol. The summed E-state index contributed by atoms with van der Waals surface area (Å²) in [6.07, 6.45) is 3.42. The highest BCUT2D eigenvalue weighted by atomic mass is 32.1. The summed E-state index contributed by atoms with van der Waals surface area (Å²) in [4.78, 5) is 24.3. The monoisotopic (exact) mass is 465 g/mol. The number of rotatable bonds is 8. The van der Waals surface area contributed by atoms with Crippen LogP contribution in [0.3, 0.4) is 0 Å². The van der Waals surface area contributed by atoms with Gasteiger partial charge in [-0.3, -0.25) is 14.7 Å². The molecule has 0 unspecified atom stereocenters. The minimum absolute atomic E-state index is 0.239. The standard InChI is InChI=1S/C24H23N3O5S/c1-29-17-8-7-16(12-20(17)32-4)23(28)27(14-15-6-5-11-25-13-15)24-26-21-18(30-2)9-10-19(31-3)22(21)33-24/h5-13H,14H2,1-4H3. The van der Waals surface area contributed by atoms with E-state index in [2.05, 4.69) is 4.98 Å². The van der Waals surface area contributed by atoms with Crippen molar-refractivity contribution >= 4 is 32.6 Å². The van der Waals surface area contributed by atoms with Crippen molar-refractivity contribution in [3.63, 3.8) is 0 Å². The lowest BCUT2D eigenvalue weighted by molar-refractivity contribution is 0.0984. The van der Waals surface area contributed by atoms with Gasteiger partial charge < -0.3 is 18.9 Å². The SMILES string of the molecule is COc1ccc(C(=O)N(Cc2cccnc2)c2nc3c(OC)ccc(OC)c3s2)cc1OC. The lowest BCUT2D eigenvalue weighted by Gasteiger charge is -2.20. The Kier molecular flexibility index (Phi) is 6.60. The molecule has 4 rings (SSSR count). The zero-order valence-corrected chi connectivity index (χ0v) is 19.5. The molecule has 4 aromatic rings. The van der Waals surface area contributed by atoms with Crippen LogP contribution in [0, 0.1) is 0 Å². The van der Waals surface area contributed by atoms with Crippen molar-refractivity contribution in [3.05, 3.63) is 66.0 Å². The van der Waals surface area contributed by atoms with Crippen molar-refractivity contribution in [3.8, 4) is 23.0 Å². The number of benzene rings is 2. The lowest BCUT2D eigenvalue weighted by atomic mass is 10.1. The summed E-state index contributed by atoms with van der Waals surface area (Å²) < 4.78 is 22.5. The average Bonchev–Trinajstić information content (AvgIpc) is 3.31. The normalized spacial score (nSPS) is 10.7. The maximum Gasteiger partial charge on any atom is 0.260 e. The first-order valence-corrected chi connectivity index (χ1v) is 10.9. The van der Waals surface area contributed by atoms with Crippen molar-refractivity contribution in [2.24, 2.45) is 0 Å². The van der Waals surface area contributed by atoms with Gasteiger partial charge in [0.15, 0.2) is 16.6 Å². The van der Waals surface area contributed by atoms with Crippen molar-refractivity contribution in [2.75, 3.05) is 33.3 Å². The molecule has 0 aliphatic carbocycles. The first-order valence-electron chi connectivity index (χ1n) is 10.0. The fourth-order valence-electron chi connectivity index (χ4n) is 3.42. The number of nitrogens with zero attached hydrogens (tertiary/aromatic N) is 3. The van der Waals surface area contributed by atoms with Crippen LogP contribution in [0.2, 0.25) is 0 Å². The van der Waals surface area contributed by atoms with E-state index in [0.29, 0.717) is 39.2 Å². The van der Waals surface area contributed by atoms with Crippen molar-refractivity contribution in [1.82, 2.24) is 9.97 Å². The Bertz CT molecular complexity index is 1240. The summed E-state index contributed by atoms with van der Waals surface area (Å²) in [6.45, 7) is 0.283. The van der Waals surface area contributed by atoms with Crippen molar-refractivity contribution in [2.45, 2.75) is 6.54 Å². The van der Waals surface area contributed by atoms with E-state index in [4.69, 9.17) is 23.9 Å². The number of ether oxygens (including phenoxy) is 4. The van der Waals surface area contributed by atoms with E-state index in [1.54, 1.807) is 62.9 Å². The first-order chi connectivity index (χ1) is 16.1. The van der Waals surface area contributed by atoms with E-state index in [-0.39, 0.29) is 12.5 Å². The van der Waals surface area contributed by atoms with Crippen LogP contribution in [0.1, 0.15) is 15.9 Å². The average molecular weight is 466 g/mol. The molecule has 1 amide bonds. The highest BCUT2D eigenvalue weighted by molar-refractivity contribution is 7.22. The van der Waals surface area contributed by atoms with Gasteiger partial charge >= 0.3 is 0 Å². The van der Waals surface area contributed by atoms with Gasteiger partial charge in [-0.15, -0.1) is 0 Å². The number of hydrogen-bond donors (Lipinski definition) is 0. The molecular formula is C24H23N3O5S. The second-order valence-corrected chi connectivity index (χ2v) is 7.94. The molecule has 0 aliphatic heterocycles. The van der Waals surface area contributed by atoms with E-state index in [1.807, 2.05) is 18.2 Å². The van der Waals surface area contributed by atoms with Crippen LogP contribution in [0.5, 0.6) is 23.0 Å². The van der Waals surface area contributed by atoms with Crippen LogP contribution in [-0.4, -0.2) is 44.3 Å². The van der Waals surface area contributed by atoms with Crippen molar-refractivity contribution < 1.29 is 23.7 Å². The maximum absolute atomic E-state index is 13.7. The summed E-state index contributed by atoms with van der Waals surface area (Å²) in [6, 6.07) is 12.4. The molecule has 0 aliphatic rings. The van der Waals surface area contributed by atoms with Crippen molar-refractivity contribution in [1.29, 1.82) is 0 Å². The van der Waals surface area contributed by atoms with Gasteiger partial charge in [-0.25, -0.2) is 4.98 Å². The summed E-state index contributed by atoms with van der Waals surface area (Å²) >= 11 is 1.36. The van der Waals surface area contributed by atoms with E-state index in [1.165, 1.54) is 18.4 Å². The molecule has 0 N–H and O–H groups in total. The smallest absolute Gasteiger partial charge is 0.260 e. The third-order valence-corrected chi connectivity index (χ3v) is 6.16. The minimum Gasteiger partial charge on any atom is -0.495 e. The van der Waals surface area contributed by atoms with Crippen LogP contribution in [0.15, 0.2) is 54.9 Å². The fourth-order valence-corrected chi connectivity index (χ4v) is 4.49. The first kappa shape index (κ1) is 22.3. The van der Waals surface area contributed by atoms with Crippen LogP contribution < -0.4 is 23.8 Å². The van der Waals surface area contributed by atoms with Gasteiger partial charge in [0.1, 0.15) is 21.7 Å². The highest BCUT2D eigenvalue weighted by Crippen LogP contribution is 2.41. The zero-order valence-electron chi connectivity index (χ0n) is 18.7. The van der Waals surface area contributed by atoms with E-state index < -0.39 is 0 Å². The number of hydrogen-bond acceptors (Lipinski definition) is 8. The molecule has 0 atom stereocenters. The Balaban J connectivity index is 1.83. The Morgan fingerprint density at radius 2 is 1.61 bits per heavy atom. The number of fused-ring (bicyclic) bond motifs is 1. The third-order valence-electron chi connectivity index (χ3n) is 5.07. The Morgan fingerprint density at radius 3 is 2.27 bits per heavy atom. The highest BCUT2D eigenvalue weighted by Gasteiger charge is 2.25. The molecule has 0 fully saturated rings. The number of aromatic nitrogens is 2. The molecule has 0 saturated carbocycles. The summed E-state index contributed by atoms with van der Waals surface area (Å²) in [7, 11) is 6.27. The third kappa shape index (κ3) is 4.40. The largest absolute Gasteiger partial charge is 0.495 e. The van der Waals surface area contributed by atoms with Gasteiger partial charge in [-0.2, -0.15) is 0 Å². The van der Waals surface area contributed by atoms with Crippen LogP contribution in [0.4, 0.5) is 5.13 Å². The summed E-state index contributed by atoms with van der Waals surface area (Å²) in [5.74, 6) is 2.04. The number of methoxy groups -OCH3 is 4. The van der Waals surface area contributed by atoms with E-state index in [9.17, 15) is 4.79 Å². The zero-order chi connectivity index (χ0) is 23.4. The van der Waals surface area contributed by atoms with E-state index in [0.717, 1.165) is 10.3 Å². The van der Waals surface area contributed by atoms with Crippen LogP contribution >= 0.6 is 11.3 Å².